The fourth-order valence-electron chi connectivity index (χ4n) is 1.98. The average Bonchev–Trinajstić information content (AvgIpc) is 2.97. The third kappa shape index (κ3) is 3.43. The molecule has 1 aromatic rings. The zero-order valence-corrected chi connectivity index (χ0v) is 13.2. The van der Waals surface area contributed by atoms with E-state index in [1.165, 1.54) is 4.88 Å². The predicted octanol–water partition coefficient (Wildman–Crippen LogP) is 4.20. The van der Waals surface area contributed by atoms with Crippen LogP contribution in [0, 0.1) is 0 Å². The van der Waals surface area contributed by atoms with Crippen LogP contribution in [-0.4, -0.2) is 23.0 Å². The maximum Gasteiger partial charge on any atom is 0.157 e. The van der Waals surface area contributed by atoms with E-state index in [1.807, 2.05) is 17.8 Å². The minimum Gasteiger partial charge on any atom is -0.359 e. The Labute approximate surface area is 122 Å². The highest BCUT2D eigenvalue weighted by Gasteiger charge is 2.33. The van der Waals surface area contributed by atoms with Crippen LogP contribution in [0.4, 0.5) is 0 Å². The molecule has 1 aliphatic heterocycles. The van der Waals surface area contributed by atoms with Gasteiger partial charge in [-0.15, -0.1) is 11.3 Å². The summed E-state index contributed by atoms with van der Waals surface area (Å²) in [6.45, 7) is 5.33. The highest BCUT2D eigenvalue weighted by Crippen LogP contribution is 2.29. The van der Waals surface area contributed by atoms with Crippen LogP contribution in [0.25, 0.3) is 0 Å². The Bertz CT molecular complexity index is 424. The Morgan fingerprint density at radius 3 is 2.72 bits per heavy atom. The maximum atomic E-state index is 5.91. The van der Waals surface area contributed by atoms with E-state index in [0.29, 0.717) is 0 Å². The summed E-state index contributed by atoms with van der Waals surface area (Å²) in [4.78, 5) is 5.96. The number of halogens is 1. The second kappa shape index (κ2) is 6.31. The first-order valence-corrected chi connectivity index (χ1v) is 8.55. The Hall–Kier alpha value is -0.190. The minimum absolute atomic E-state index is 0.274. The monoisotopic (exact) mass is 302 g/mol. The molecule has 0 amide bonds. The average molecular weight is 303 g/mol. The van der Waals surface area contributed by atoms with Crippen molar-refractivity contribution in [3.05, 3.63) is 21.3 Å². The van der Waals surface area contributed by atoms with Gasteiger partial charge in [-0.05, 0) is 25.0 Å². The highest BCUT2D eigenvalue weighted by molar-refractivity contribution is 8.14. The van der Waals surface area contributed by atoms with E-state index in [0.717, 1.165) is 41.1 Å². The molecule has 0 bridgehead atoms. The normalized spacial score (nSPS) is 20.3. The lowest BCUT2D eigenvalue weighted by atomic mass is 9.96. The van der Waals surface area contributed by atoms with Crippen molar-refractivity contribution in [2.24, 2.45) is 4.99 Å². The first kappa shape index (κ1) is 14.2. The quantitative estimate of drug-likeness (QED) is 0.882. The van der Waals surface area contributed by atoms with Gasteiger partial charge < -0.3 is 5.32 Å². The van der Waals surface area contributed by atoms with Gasteiger partial charge in [-0.25, -0.2) is 0 Å². The Balaban J connectivity index is 1.84. The van der Waals surface area contributed by atoms with Crippen molar-refractivity contribution in [3.63, 3.8) is 0 Å². The summed E-state index contributed by atoms with van der Waals surface area (Å²) in [7, 11) is 0. The van der Waals surface area contributed by atoms with Crippen LogP contribution in [0.1, 0.15) is 31.6 Å². The van der Waals surface area contributed by atoms with E-state index in [-0.39, 0.29) is 5.54 Å². The van der Waals surface area contributed by atoms with Crippen molar-refractivity contribution in [1.82, 2.24) is 5.32 Å². The highest BCUT2D eigenvalue weighted by atomic mass is 35.5. The number of amidine groups is 1. The molecular weight excluding hydrogens is 284 g/mol. The Morgan fingerprint density at radius 1 is 1.39 bits per heavy atom. The molecular formula is C13H19ClN2S2. The Kier molecular flexibility index (Phi) is 4.98. The van der Waals surface area contributed by atoms with Crippen LogP contribution in [-0.2, 0) is 6.42 Å². The number of thiophene rings is 1. The molecule has 1 saturated heterocycles. The van der Waals surface area contributed by atoms with Gasteiger partial charge in [-0.1, -0.05) is 37.2 Å². The van der Waals surface area contributed by atoms with Crippen LogP contribution in [0.3, 0.4) is 0 Å². The molecule has 2 heterocycles. The van der Waals surface area contributed by atoms with E-state index in [9.17, 15) is 0 Å². The van der Waals surface area contributed by atoms with Crippen LogP contribution in [0.2, 0.25) is 4.34 Å². The summed E-state index contributed by atoms with van der Waals surface area (Å²) in [5.74, 6) is 1.14. The number of nitrogens with zero attached hydrogens (tertiary/aromatic N) is 1. The van der Waals surface area contributed by atoms with Crippen LogP contribution < -0.4 is 5.32 Å². The zero-order chi connectivity index (χ0) is 13.0. The summed E-state index contributed by atoms with van der Waals surface area (Å²) in [5, 5.41) is 4.70. The van der Waals surface area contributed by atoms with Crippen molar-refractivity contribution >= 4 is 39.9 Å². The Morgan fingerprint density at radius 2 is 2.17 bits per heavy atom. The standard InChI is InChI=1S/C13H19ClN2S2/c1-3-13(4-2)9-17-12(16-13)15-8-7-10-5-6-11(14)18-10/h5-6H,3-4,7-9H2,1-2H3,(H,15,16). The predicted molar refractivity (Wildman–Crippen MR) is 84.2 cm³/mol. The molecule has 0 spiro atoms. The molecule has 0 atom stereocenters. The first-order valence-electron chi connectivity index (χ1n) is 6.37. The van der Waals surface area contributed by atoms with Crippen LogP contribution >= 0.6 is 34.7 Å². The molecule has 0 radical (unpaired) electrons. The van der Waals surface area contributed by atoms with Gasteiger partial charge in [-0.2, -0.15) is 0 Å². The lowest BCUT2D eigenvalue weighted by Gasteiger charge is -2.25. The number of hydrogen-bond acceptors (Lipinski definition) is 3. The maximum absolute atomic E-state index is 5.91. The number of aliphatic imine (C=N–C) groups is 1. The smallest absolute Gasteiger partial charge is 0.157 e. The third-order valence-electron chi connectivity index (χ3n) is 3.45. The molecule has 18 heavy (non-hydrogen) atoms. The van der Waals surface area contributed by atoms with E-state index in [1.54, 1.807) is 11.3 Å². The van der Waals surface area contributed by atoms with Gasteiger partial charge in [0.15, 0.2) is 5.17 Å². The summed E-state index contributed by atoms with van der Waals surface area (Å²) in [6, 6.07) is 4.04. The van der Waals surface area contributed by atoms with Gasteiger partial charge in [-0.3, -0.25) is 4.99 Å². The van der Waals surface area contributed by atoms with Crippen molar-refractivity contribution < 1.29 is 0 Å². The van der Waals surface area contributed by atoms with Gasteiger partial charge >= 0.3 is 0 Å². The molecule has 0 aromatic carbocycles. The molecule has 0 saturated carbocycles. The molecule has 1 N–H and O–H groups in total. The molecule has 1 aliphatic rings. The fraction of sp³-hybridized carbons (Fsp3) is 0.615. The van der Waals surface area contributed by atoms with Crippen molar-refractivity contribution in [1.29, 1.82) is 0 Å². The minimum atomic E-state index is 0.274. The molecule has 2 rings (SSSR count). The number of nitrogens with one attached hydrogen (secondary N) is 1. The molecule has 0 unspecified atom stereocenters. The molecule has 100 valence electrons. The first-order chi connectivity index (χ1) is 8.67. The molecule has 2 nitrogen and oxygen atoms in total. The van der Waals surface area contributed by atoms with Gasteiger partial charge in [0.25, 0.3) is 0 Å². The summed E-state index contributed by atoms with van der Waals surface area (Å²) < 4.78 is 0.863. The second-order valence-corrected chi connectivity index (χ2v) is 7.31. The third-order valence-corrected chi connectivity index (χ3v) is 5.95. The van der Waals surface area contributed by atoms with Crippen LogP contribution in [0.15, 0.2) is 17.1 Å². The fourth-order valence-corrected chi connectivity index (χ4v) is 4.42. The molecule has 0 aliphatic carbocycles. The lowest BCUT2D eigenvalue weighted by Crippen LogP contribution is -2.42. The van der Waals surface area contributed by atoms with Gasteiger partial charge in [0.1, 0.15) is 0 Å². The number of hydrogen-bond donors (Lipinski definition) is 1. The summed E-state index contributed by atoms with van der Waals surface area (Å²) >= 11 is 9.41. The van der Waals surface area contributed by atoms with Crippen molar-refractivity contribution in [3.8, 4) is 0 Å². The van der Waals surface area contributed by atoms with E-state index in [4.69, 9.17) is 11.6 Å². The van der Waals surface area contributed by atoms with E-state index >= 15 is 0 Å². The van der Waals surface area contributed by atoms with Gasteiger partial charge in [0, 0.05) is 29.1 Å². The molecule has 5 heteroatoms. The summed E-state index contributed by atoms with van der Waals surface area (Å²) in [6.07, 6.45) is 3.31. The number of thioether (sulfide) groups is 1. The SMILES string of the molecule is CCC1(CC)CSC(=NCCc2ccc(Cl)s2)N1. The topological polar surface area (TPSA) is 24.4 Å². The van der Waals surface area contributed by atoms with E-state index in [2.05, 4.69) is 30.2 Å². The van der Waals surface area contributed by atoms with Crippen molar-refractivity contribution in [2.75, 3.05) is 12.3 Å². The molecule has 1 fully saturated rings. The molecule has 1 aromatic heterocycles. The zero-order valence-electron chi connectivity index (χ0n) is 10.8. The lowest BCUT2D eigenvalue weighted by molar-refractivity contribution is 0.407. The van der Waals surface area contributed by atoms with Gasteiger partial charge in [0.2, 0.25) is 0 Å². The number of rotatable bonds is 5. The van der Waals surface area contributed by atoms with E-state index < -0.39 is 0 Å². The van der Waals surface area contributed by atoms with Crippen molar-refractivity contribution in [2.45, 2.75) is 38.6 Å². The summed E-state index contributed by atoms with van der Waals surface area (Å²) in [5.41, 5.74) is 0.274. The largest absolute Gasteiger partial charge is 0.359 e. The van der Waals surface area contributed by atoms with Crippen LogP contribution in [0.5, 0.6) is 0 Å². The van der Waals surface area contributed by atoms with Gasteiger partial charge in [0.05, 0.1) is 4.34 Å². The second-order valence-electron chi connectivity index (χ2n) is 4.54.